The number of ketones is 1. The van der Waals surface area contributed by atoms with Crippen molar-refractivity contribution in [1.82, 2.24) is 10.1 Å². The fourth-order valence-corrected chi connectivity index (χ4v) is 3.07. The van der Waals surface area contributed by atoms with Crippen molar-refractivity contribution in [2.24, 2.45) is 0 Å². The smallest absolute Gasteiger partial charge is 0.238 e. The third-order valence-corrected chi connectivity index (χ3v) is 3.95. The van der Waals surface area contributed by atoms with E-state index in [0.717, 1.165) is 25.2 Å². The molecule has 0 spiro atoms. The van der Waals surface area contributed by atoms with Gasteiger partial charge in [0.1, 0.15) is 12.0 Å². The Bertz CT molecular complexity index is 401. The molecule has 6 heteroatoms. The van der Waals surface area contributed by atoms with Crippen molar-refractivity contribution in [2.75, 3.05) is 18.1 Å². The van der Waals surface area contributed by atoms with Crippen molar-refractivity contribution >= 4 is 17.5 Å². The van der Waals surface area contributed by atoms with Gasteiger partial charge in [0.2, 0.25) is 11.7 Å². The first-order valence-corrected chi connectivity index (χ1v) is 6.55. The third-order valence-electron chi connectivity index (χ3n) is 2.89. The molecule has 2 unspecified atom stereocenters. The van der Waals surface area contributed by atoms with E-state index in [1.54, 1.807) is 11.8 Å². The Morgan fingerprint density at radius 3 is 3.06 bits per heavy atom. The van der Waals surface area contributed by atoms with Crippen LogP contribution in [-0.4, -0.2) is 34.0 Å². The average molecular weight is 240 g/mol. The van der Waals surface area contributed by atoms with Crippen LogP contribution in [0.4, 0.5) is 0 Å². The molecule has 0 bridgehead atoms. The quantitative estimate of drug-likeness (QED) is 0.776. The van der Waals surface area contributed by atoms with E-state index in [0.29, 0.717) is 17.5 Å². The molecule has 0 aromatic carbocycles. The van der Waals surface area contributed by atoms with E-state index < -0.39 is 0 Å². The molecule has 5 nitrogen and oxygen atoms in total. The average Bonchev–Trinajstić information content (AvgIpc) is 2.96. The number of ether oxygens (including phenoxy) is 1. The number of rotatable bonds is 2. The number of hydrogen-bond acceptors (Lipinski definition) is 6. The molecule has 0 amide bonds. The molecule has 3 heterocycles. The zero-order chi connectivity index (χ0) is 11.0. The molecule has 2 aliphatic heterocycles. The molecule has 0 saturated carbocycles. The van der Waals surface area contributed by atoms with Crippen molar-refractivity contribution in [3.63, 3.8) is 0 Å². The molecular formula is C10H12N2O3S. The minimum atomic E-state index is -0.201. The molecule has 1 aromatic rings. The van der Waals surface area contributed by atoms with Gasteiger partial charge in [0.15, 0.2) is 5.78 Å². The van der Waals surface area contributed by atoms with E-state index in [9.17, 15) is 4.79 Å². The van der Waals surface area contributed by atoms with Gasteiger partial charge in [-0.05, 0) is 12.8 Å². The molecule has 0 aliphatic carbocycles. The Hall–Kier alpha value is -0.880. The summed E-state index contributed by atoms with van der Waals surface area (Å²) in [6, 6.07) is 0. The van der Waals surface area contributed by atoms with Gasteiger partial charge >= 0.3 is 0 Å². The second-order valence-corrected chi connectivity index (χ2v) is 5.06. The third kappa shape index (κ3) is 1.76. The van der Waals surface area contributed by atoms with Crippen molar-refractivity contribution < 1.29 is 14.1 Å². The highest BCUT2D eigenvalue weighted by Gasteiger charge is 2.33. The minimum Gasteiger partial charge on any atom is -0.370 e. The van der Waals surface area contributed by atoms with Crippen molar-refractivity contribution in [3.05, 3.63) is 11.7 Å². The van der Waals surface area contributed by atoms with E-state index in [1.807, 2.05) is 0 Å². The first-order valence-electron chi connectivity index (χ1n) is 5.40. The lowest BCUT2D eigenvalue weighted by Gasteiger charge is -2.01. The second-order valence-electron chi connectivity index (χ2n) is 4.03. The number of hydrogen-bond donors (Lipinski definition) is 0. The highest BCUT2D eigenvalue weighted by molar-refractivity contribution is 8.00. The lowest BCUT2D eigenvalue weighted by Crippen LogP contribution is -2.09. The number of nitrogens with zero attached hydrogens (tertiary/aromatic N) is 2. The van der Waals surface area contributed by atoms with Gasteiger partial charge in [-0.2, -0.15) is 16.7 Å². The number of carbonyl (C=O) groups excluding carboxylic acids is 1. The fourth-order valence-electron chi connectivity index (χ4n) is 1.98. The Balaban J connectivity index is 1.79. The van der Waals surface area contributed by atoms with Crippen molar-refractivity contribution in [2.45, 2.75) is 24.9 Å². The van der Waals surface area contributed by atoms with Crippen molar-refractivity contribution in [1.29, 1.82) is 0 Å². The summed E-state index contributed by atoms with van der Waals surface area (Å²) in [6.07, 6.45) is 1.93. The summed E-state index contributed by atoms with van der Waals surface area (Å²) in [6.45, 7) is 0.757. The highest BCUT2D eigenvalue weighted by Crippen LogP contribution is 2.31. The Morgan fingerprint density at radius 2 is 2.38 bits per heavy atom. The van der Waals surface area contributed by atoms with Crippen LogP contribution >= 0.6 is 11.8 Å². The first-order chi connectivity index (χ1) is 7.84. The topological polar surface area (TPSA) is 65.2 Å². The maximum absolute atomic E-state index is 11.5. The van der Waals surface area contributed by atoms with Crippen LogP contribution in [-0.2, 0) is 9.53 Å². The summed E-state index contributed by atoms with van der Waals surface area (Å²) in [5.74, 6) is 2.35. The van der Waals surface area contributed by atoms with Gasteiger partial charge in [-0.25, -0.2) is 0 Å². The second kappa shape index (κ2) is 4.18. The SMILES string of the molecule is O=C1CSCC1c1nc(C2CCCO2)no1. The molecule has 2 fully saturated rings. The van der Waals surface area contributed by atoms with Crippen LogP contribution in [0.15, 0.2) is 4.52 Å². The minimum absolute atomic E-state index is 0.0401. The molecule has 16 heavy (non-hydrogen) atoms. The Labute approximate surface area is 96.9 Å². The number of Topliss-reactive ketones (excluding diaryl/α,β-unsaturated/α-hetero) is 1. The predicted molar refractivity (Wildman–Crippen MR) is 57.3 cm³/mol. The van der Waals surface area contributed by atoms with E-state index >= 15 is 0 Å². The van der Waals surface area contributed by atoms with Crippen LogP contribution in [0.25, 0.3) is 0 Å². The summed E-state index contributed by atoms with van der Waals surface area (Å²) in [7, 11) is 0. The maximum Gasteiger partial charge on any atom is 0.238 e. The zero-order valence-electron chi connectivity index (χ0n) is 8.72. The first kappa shape index (κ1) is 10.3. The van der Waals surface area contributed by atoms with Gasteiger partial charge in [-0.15, -0.1) is 0 Å². The molecular weight excluding hydrogens is 228 g/mol. The van der Waals surface area contributed by atoms with Gasteiger partial charge in [-0.1, -0.05) is 5.16 Å². The van der Waals surface area contributed by atoms with Crippen LogP contribution < -0.4 is 0 Å². The summed E-state index contributed by atoms with van der Waals surface area (Å²) in [4.78, 5) is 15.8. The summed E-state index contributed by atoms with van der Waals surface area (Å²) < 4.78 is 10.6. The zero-order valence-corrected chi connectivity index (χ0v) is 9.53. The van der Waals surface area contributed by atoms with Crippen LogP contribution in [0.1, 0.15) is 36.6 Å². The molecule has 3 rings (SSSR count). The van der Waals surface area contributed by atoms with Crippen LogP contribution in [0.2, 0.25) is 0 Å². The molecule has 2 aliphatic rings. The van der Waals surface area contributed by atoms with Gasteiger partial charge in [0.25, 0.3) is 0 Å². The number of thioether (sulfide) groups is 1. The molecule has 1 aromatic heterocycles. The molecule has 2 atom stereocenters. The normalized spacial score (nSPS) is 30.1. The molecule has 0 radical (unpaired) electrons. The molecule has 86 valence electrons. The van der Waals surface area contributed by atoms with E-state index in [1.165, 1.54) is 0 Å². The lowest BCUT2D eigenvalue weighted by atomic mass is 10.1. The summed E-state index contributed by atoms with van der Waals surface area (Å²) in [5.41, 5.74) is 0. The number of aromatic nitrogens is 2. The van der Waals surface area contributed by atoms with Gasteiger partial charge in [-0.3, -0.25) is 4.79 Å². The summed E-state index contributed by atoms with van der Waals surface area (Å²) >= 11 is 1.62. The molecule has 0 N–H and O–H groups in total. The lowest BCUT2D eigenvalue weighted by molar-refractivity contribution is -0.117. The van der Waals surface area contributed by atoms with Gasteiger partial charge in [0.05, 0.1) is 5.75 Å². The number of carbonyl (C=O) groups is 1. The van der Waals surface area contributed by atoms with Gasteiger partial charge in [0, 0.05) is 12.4 Å². The Morgan fingerprint density at radius 1 is 1.44 bits per heavy atom. The van der Waals surface area contributed by atoms with Gasteiger partial charge < -0.3 is 9.26 Å². The monoisotopic (exact) mass is 240 g/mol. The predicted octanol–water partition coefficient (Wildman–Crippen LogP) is 1.32. The fraction of sp³-hybridized carbons (Fsp3) is 0.700. The Kier molecular flexibility index (Phi) is 2.69. The standard InChI is InChI=1S/C10H12N2O3S/c13-7-5-16-4-6(7)10-11-9(12-15-10)8-2-1-3-14-8/h6,8H,1-5H2. The van der Waals surface area contributed by atoms with Crippen LogP contribution in [0.5, 0.6) is 0 Å². The summed E-state index contributed by atoms with van der Waals surface area (Å²) in [5, 5.41) is 3.90. The highest BCUT2D eigenvalue weighted by atomic mass is 32.2. The van der Waals surface area contributed by atoms with E-state index in [-0.39, 0.29) is 17.8 Å². The largest absolute Gasteiger partial charge is 0.370 e. The van der Waals surface area contributed by atoms with E-state index in [4.69, 9.17) is 9.26 Å². The van der Waals surface area contributed by atoms with Crippen LogP contribution in [0, 0.1) is 0 Å². The molecule has 2 saturated heterocycles. The van der Waals surface area contributed by atoms with Crippen molar-refractivity contribution in [3.8, 4) is 0 Å². The van der Waals surface area contributed by atoms with E-state index in [2.05, 4.69) is 10.1 Å². The maximum atomic E-state index is 11.5. The van der Waals surface area contributed by atoms with Crippen LogP contribution in [0.3, 0.4) is 0 Å².